The van der Waals surface area contributed by atoms with E-state index < -0.39 is 0 Å². The van der Waals surface area contributed by atoms with Gasteiger partial charge in [0, 0.05) is 30.4 Å². The smallest absolute Gasteiger partial charge is 0.127 e. The SMILES string of the molecule is CCCNCc1ccc(F)c(CN(C)C2CCSC2)c1. The monoisotopic (exact) mass is 296 g/mol. The van der Waals surface area contributed by atoms with E-state index in [1.807, 2.05) is 23.9 Å². The molecular weight excluding hydrogens is 271 g/mol. The predicted molar refractivity (Wildman–Crippen MR) is 85.6 cm³/mol. The van der Waals surface area contributed by atoms with E-state index in [9.17, 15) is 4.39 Å². The number of thioether (sulfide) groups is 1. The molecule has 1 aromatic rings. The first-order valence-electron chi connectivity index (χ1n) is 7.46. The summed E-state index contributed by atoms with van der Waals surface area (Å²) in [5.41, 5.74) is 1.99. The van der Waals surface area contributed by atoms with Crippen LogP contribution in [0.1, 0.15) is 30.9 Å². The van der Waals surface area contributed by atoms with Crippen molar-refractivity contribution in [2.45, 2.75) is 38.9 Å². The van der Waals surface area contributed by atoms with Gasteiger partial charge in [-0.2, -0.15) is 11.8 Å². The molecule has 0 spiro atoms. The Bertz CT molecular complexity index is 419. The molecule has 2 rings (SSSR count). The van der Waals surface area contributed by atoms with Crippen molar-refractivity contribution >= 4 is 11.8 Å². The second kappa shape index (κ2) is 8.01. The second-order valence-corrected chi connectivity index (χ2v) is 6.68. The Kier molecular flexibility index (Phi) is 6.33. The van der Waals surface area contributed by atoms with Crippen molar-refractivity contribution in [1.29, 1.82) is 0 Å². The Balaban J connectivity index is 1.96. The molecule has 1 N–H and O–H groups in total. The Hall–Kier alpha value is -0.580. The highest BCUT2D eigenvalue weighted by Crippen LogP contribution is 2.23. The Morgan fingerprint density at radius 3 is 3.00 bits per heavy atom. The summed E-state index contributed by atoms with van der Waals surface area (Å²) in [6, 6.07) is 6.10. The third-order valence-corrected chi connectivity index (χ3v) is 4.96. The number of hydrogen-bond donors (Lipinski definition) is 1. The van der Waals surface area contributed by atoms with Gasteiger partial charge in [-0.15, -0.1) is 0 Å². The molecular formula is C16H25FN2S. The summed E-state index contributed by atoms with van der Waals surface area (Å²) in [5, 5.41) is 3.37. The lowest BCUT2D eigenvalue weighted by molar-refractivity contribution is 0.251. The van der Waals surface area contributed by atoms with Crippen LogP contribution in [0.3, 0.4) is 0 Å². The number of rotatable bonds is 7. The third kappa shape index (κ3) is 4.47. The topological polar surface area (TPSA) is 15.3 Å². The molecule has 1 heterocycles. The summed E-state index contributed by atoms with van der Waals surface area (Å²) in [5.74, 6) is 2.33. The highest BCUT2D eigenvalue weighted by molar-refractivity contribution is 7.99. The molecule has 1 fully saturated rings. The van der Waals surface area contributed by atoms with Crippen molar-refractivity contribution in [2.24, 2.45) is 0 Å². The molecule has 0 bridgehead atoms. The first-order valence-corrected chi connectivity index (χ1v) is 8.62. The van der Waals surface area contributed by atoms with Crippen molar-refractivity contribution in [1.82, 2.24) is 10.2 Å². The summed E-state index contributed by atoms with van der Waals surface area (Å²) in [6.07, 6.45) is 2.34. The van der Waals surface area contributed by atoms with E-state index in [0.717, 1.165) is 25.1 Å². The molecule has 2 nitrogen and oxygen atoms in total. The van der Waals surface area contributed by atoms with E-state index in [4.69, 9.17) is 0 Å². The Labute approximate surface area is 126 Å². The molecule has 0 radical (unpaired) electrons. The molecule has 20 heavy (non-hydrogen) atoms. The predicted octanol–water partition coefficient (Wildman–Crippen LogP) is 3.26. The van der Waals surface area contributed by atoms with Crippen LogP contribution in [-0.4, -0.2) is 36.0 Å². The van der Waals surface area contributed by atoms with Gasteiger partial charge in [0.05, 0.1) is 0 Å². The third-order valence-electron chi connectivity index (χ3n) is 3.81. The normalized spacial score (nSPS) is 18.9. The van der Waals surface area contributed by atoms with Gasteiger partial charge >= 0.3 is 0 Å². The van der Waals surface area contributed by atoms with Gasteiger partial charge in [-0.1, -0.05) is 19.1 Å². The molecule has 0 aromatic heterocycles. The van der Waals surface area contributed by atoms with Crippen LogP contribution in [0.25, 0.3) is 0 Å². The van der Waals surface area contributed by atoms with Crippen molar-refractivity contribution in [3.63, 3.8) is 0 Å². The van der Waals surface area contributed by atoms with E-state index in [2.05, 4.69) is 24.2 Å². The maximum atomic E-state index is 14.0. The molecule has 112 valence electrons. The lowest BCUT2D eigenvalue weighted by Gasteiger charge is -2.24. The fourth-order valence-electron chi connectivity index (χ4n) is 2.54. The van der Waals surface area contributed by atoms with Crippen LogP contribution in [0.4, 0.5) is 4.39 Å². The molecule has 0 amide bonds. The molecule has 0 aliphatic carbocycles. The zero-order chi connectivity index (χ0) is 14.4. The molecule has 1 atom stereocenters. The van der Waals surface area contributed by atoms with Crippen molar-refractivity contribution in [3.05, 3.63) is 35.1 Å². The van der Waals surface area contributed by atoms with Crippen LogP contribution >= 0.6 is 11.8 Å². The van der Waals surface area contributed by atoms with Crippen molar-refractivity contribution < 1.29 is 4.39 Å². The van der Waals surface area contributed by atoms with Gasteiger partial charge in [-0.25, -0.2) is 4.39 Å². The van der Waals surface area contributed by atoms with E-state index in [1.165, 1.54) is 23.5 Å². The van der Waals surface area contributed by atoms with Gasteiger partial charge in [0.1, 0.15) is 5.82 Å². The van der Waals surface area contributed by atoms with E-state index in [-0.39, 0.29) is 5.82 Å². The van der Waals surface area contributed by atoms with Gasteiger partial charge in [0.2, 0.25) is 0 Å². The van der Waals surface area contributed by atoms with Gasteiger partial charge in [-0.05, 0) is 43.8 Å². The quantitative estimate of drug-likeness (QED) is 0.778. The highest BCUT2D eigenvalue weighted by Gasteiger charge is 2.20. The van der Waals surface area contributed by atoms with Crippen LogP contribution in [0, 0.1) is 5.82 Å². The number of benzene rings is 1. The minimum absolute atomic E-state index is 0.0817. The molecule has 1 aromatic carbocycles. The van der Waals surface area contributed by atoms with Crippen LogP contribution < -0.4 is 5.32 Å². The molecule has 1 unspecified atom stereocenters. The van der Waals surface area contributed by atoms with Crippen LogP contribution in [-0.2, 0) is 13.1 Å². The van der Waals surface area contributed by atoms with E-state index in [1.54, 1.807) is 6.07 Å². The van der Waals surface area contributed by atoms with Crippen LogP contribution in [0.5, 0.6) is 0 Å². The lowest BCUT2D eigenvalue weighted by Crippen LogP contribution is -2.31. The Morgan fingerprint density at radius 1 is 1.45 bits per heavy atom. The fourth-order valence-corrected chi connectivity index (χ4v) is 3.83. The maximum absolute atomic E-state index is 14.0. The molecule has 1 aliphatic rings. The van der Waals surface area contributed by atoms with E-state index >= 15 is 0 Å². The summed E-state index contributed by atoms with van der Waals surface area (Å²) < 4.78 is 14.0. The molecule has 1 saturated heterocycles. The number of halogens is 1. The summed E-state index contributed by atoms with van der Waals surface area (Å²) in [4.78, 5) is 2.29. The molecule has 1 aliphatic heterocycles. The van der Waals surface area contributed by atoms with Gasteiger partial charge < -0.3 is 5.32 Å². The largest absolute Gasteiger partial charge is 0.313 e. The first-order chi connectivity index (χ1) is 9.70. The number of hydrogen-bond acceptors (Lipinski definition) is 3. The number of nitrogens with zero attached hydrogens (tertiary/aromatic N) is 1. The summed E-state index contributed by atoms with van der Waals surface area (Å²) >= 11 is 2.00. The summed E-state index contributed by atoms with van der Waals surface area (Å²) in [6.45, 7) is 4.69. The minimum Gasteiger partial charge on any atom is -0.313 e. The van der Waals surface area contributed by atoms with Crippen LogP contribution in [0.15, 0.2) is 18.2 Å². The maximum Gasteiger partial charge on any atom is 0.127 e. The van der Waals surface area contributed by atoms with Crippen molar-refractivity contribution in [3.8, 4) is 0 Å². The lowest BCUT2D eigenvalue weighted by atomic mass is 10.1. The van der Waals surface area contributed by atoms with E-state index in [0.29, 0.717) is 12.6 Å². The van der Waals surface area contributed by atoms with Gasteiger partial charge in [0.25, 0.3) is 0 Å². The standard InChI is InChI=1S/C16H25FN2S/c1-3-7-18-10-13-4-5-16(17)14(9-13)11-19(2)15-6-8-20-12-15/h4-5,9,15,18H,3,6-8,10-12H2,1-2H3. The zero-order valence-electron chi connectivity index (χ0n) is 12.5. The molecule has 0 saturated carbocycles. The minimum atomic E-state index is -0.0817. The van der Waals surface area contributed by atoms with Gasteiger partial charge in [-0.3, -0.25) is 4.90 Å². The summed E-state index contributed by atoms with van der Waals surface area (Å²) in [7, 11) is 2.11. The fraction of sp³-hybridized carbons (Fsp3) is 0.625. The average molecular weight is 296 g/mol. The molecule has 4 heteroatoms. The highest BCUT2D eigenvalue weighted by atomic mass is 32.2. The second-order valence-electron chi connectivity index (χ2n) is 5.54. The average Bonchev–Trinajstić information content (AvgIpc) is 2.97. The zero-order valence-corrected chi connectivity index (χ0v) is 13.3. The first kappa shape index (κ1) is 15.8. The number of nitrogens with one attached hydrogen (secondary N) is 1. The van der Waals surface area contributed by atoms with Crippen LogP contribution in [0.2, 0.25) is 0 Å². The van der Waals surface area contributed by atoms with Crippen molar-refractivity contribution in [2.75, 3.05) is 25.1 Å². The van der Waals surface area contributed by atoms with Gasteiger partial charge in [0.15, 0.2) is 0 Å². The Morgan fingerprint density at radius 2 is 2.30 bits per heavy atom.